The molecule has 20 heavy (non-hydrogen) atoms. The number of sulfonamides is 1. The molecule has 1 saturated heterocycles. The quantitative estimate of drug-likeness (QED) is 0.911. The minimum absolute atomic E-state index is 0.0171. The van der Waals surface area contributed by atoms with Crippen LogP contribution in [-0.4, -0.2) is 43.1 Å². The molecule has 0 saturated carbocycles. The molecule has 0 aromatic carbocycles. The van der Waals surface area contributed by atoms with E-state index in [-0.39, 0.29) is 17.0 Å². The van der Waals surface area contributed by atoms with E-state index in [0.29, 0.717) is 24.5 Å². The van der Waals surface area contributed by atoms with Crippen molar-refractivity contribution in [3.05, 3.63) is 11.5 Å². The number of nitrogens with one attached hydrogen (secondary N) is 1. The van der Waals surface area contributed by atoms with E-state index in [4.69, 9.17) is 4.52 Å². The van der Waals surface area contributed by atoms with Crippen LogP contribution in [-0.2, 0) is 10.0 Å². The van der Waals surface area contributed by atoms with Crippen molar-refractivity contribution in [1.82, 2.24) is 14.8 Å². The first-order valence-corrected chi connectivity index (χ1v) is 8.53. The predicted molar refractivity (Wildman–Crippen MR) is 76.0 cm³/mol. The fourth-order valence-corrected chi connectivity index (χ4v) is 4.75. The zero-order valence-electron chi connectivity index (χ0n) is 12.5. The van der Waals surface area contributed by atoms with Gasteiger partial charge in [-0.1, -0.05) is 19.0 Å². The molecule has 1 aliphatic rings. The number of aromatic nitrogens is 1. The van der Waals surface area contributed by atoms with Gasteiger partial charge in [0.25, 0.3) is 0 Å². The second kappa shape index (κ2) is 5.83. The lowest BCUT2D eigenvalue weighted by atomic mass is 10.1. The Hall–Kier alpha value is -0.920. The van der Waals surface area contributed by atoms with Crippen LogP contribution in [0.5, 0.6) is 0 Å². The summed E-state index contributed by atoms with van der Waals surface area (Å²) in [4.78, 5) is 0.229. The van der Waals surface area contributed by atoms with Crippen molar-refractivity contribution in [2.24, 2.45) is 0 Å². The maximum absolute atomic E-state index is 12.9. The van der Waals surface area contributed by atoms with Gasteiger partial charge in [-0.05, 0) is 26.7 Å². The second-order valence-electron chi connectivity index (χ2n) is 5.30. The van der Waals surface area contributed by atoms with Gasteiger partial charge in [-0.2, -0.15) is 4.31 Å². The molecular formula is C13H23N3O3S. The van der Waals surface area contributed by atoms with E-state index in [2.05, 4.69) is 17.4 Å². The highest BCUT2D eigenvalue weighted by Crippen LogP contribution is 2.27. The van der Waals surface area contributed by atoms with Crippen LogP contribution in [0, 0.1) is 13.8 Å². The van der Waals surface area contributed by atoms with Gasteiger partial charge < -0.3 is 9.84 Å². The van der Waals surface area contributed by atoms with Crippen LogP contribution in [0.4, 0.5) is 0 Å². The molecule has 2 atom stereocenters. The minimum Gasteiger partial charge on any atom is -0.360 e. The summed E-state index contributed by atoms with van der Waals surface area (Å²) < 4.78 is 32.5. The molecule has 114 valence electrons. The topological polar surface area (TPSA) is 75.4 Å². The van der Waals surface area contributed by atoms with E-state index >= 15 is 0 Å². The first kappa shape index (κ1) is 15.5. The van der Waals surface area contributed by atoms with Crippen LogP contribution < -0.4 is 5.32 Å². The van der Waals surface area contributed by atoms with Crippen molar-refractivity contribution in [2.45, 2.75) is 57.5 Å². The standard InChI is InChI=1S/C13H23N3O3S/c1-5-11-8-16(12(6-2)7-14-11)20(17,18)13-9(3)15-19-10(13)4/h11-12,14H,5-8H2,1-4H3. The van der Waals surface area contributed by atoms with Gasteiger partial charge in [0.15, 0.2) is 5.76 Å². The van der Waals surface area contributed by atoms with Gasteiger partial charge in [0, 0.05) is 25.2 Å². The summed E-state index contributed by atoms with van der Waals surface area (Å²) in [5.41, 5.74) is 0.434. The third kappa shape index (κ3) is 2.62. The van der Waals surface area contributed by atoms with E-state index < -0.39 is 10.0 Å². The lowest BCUT2D eigenvalue weighted by Crippen LogP contribution is -2.57. The number of nitrogens with zero attached hydrogens (tertiary/aromatic N) is 2. The predicted octanol–water partition coefficient (Wildman–Crippen LogP) is 1.44. The summed E-state index contributed by atoms with van der Waals surface area (Å²) in [6.07, 6.45) is 1.69. The fraction of sp³-hybridized carbons (Fsp3) is 0.769. The number of aryl methyl sites for hydroxylation is 2. The lowest BCUT2D eigenvalue weighted by molar-refractivity contribution is 0.215. The first-order chi connectivity index (χ1) is 9.41. The molecule has 6 nitrogen and oxygen atoms in total. The summed E-state index contributed by atoms with van der Waals surface area (Å²) in [5, 5.41) is 7.17. The highest BCUT2D eigenvalue weighted by atomic mass is 32.2. The average Bonchev–Trinajstić information content (AvgIpc) is 2.77. The van der Waals surface area contributed by atoms with Gasteiger partial charge in [-0.25, -0.2) is 8.42 Å². The Morgan fingerprint density at radius 3 is 2.55 bits per heavy atom. The summed E-state index contributed by atoms with van der Waals surface area (Å²) in [6.45, 7) is 8.58. The Bertz CT molecular complexity index is 548. The van der Waals surface area contributed by atoms with Crippen LogP contribution in [0.2, 0.25) is 0 Å². The van der Waals surface area contributed by atoms with Crippen molar-refractivity contribution in [2.75, 3.05) is 13.1 Å². The van der Waals surface area contributed by atoms with Crippen molar-refractivity contribution < 1.29 is 12.9 Å². The van der Waals surface area contributed by atoms with Gasteiger partial charge in [-0.3, -0.25) is 0 Å². The molecule has 0 spiro atoms. The van der Waals surface area contributed by atoms with E-state index in [1.165, 1.54) is 0 Å². The smallest absolute Gasteiger partial charge is 0.248 e. The van der Waals surface area contributed by atoms with Gasteiger partial charge in [0.05, 0.1) is 0 Å². The van der Waals surface area contributed by atoms with Crippen LogP contribution in [0.25, 0.3) is 0 Å². The number of piperazine rings is 1. The molecule has 7 heteroatoms. The molecule has 2 rings (SSSR count). The zero-order chi connectivity index (χ0) is 14.9. The molecule has 0 radical (unpaired) electrons. The SMILES string of the molecule is CCC1CN(S(=O)(=O)c2c(C)noc2C)C(CC)CN1. The molecule has 2 heterocycles. The van der Waals surface area contributed by atoms with Crippen LogP contribution in [0.15, 0.2) is 9.42 Å². The third-order valence-electron chi connectivity index (χ3n) is 3.95. The Balaban J connectivity index is 2.40. The molecule has 2 unspecified atom stereocenters. The molecule has 0 amide bonds. The summed E-state index contributed by atoms with van der Waals surface area (Å²) in [5.74, 6) is 0.365. The Kier molecular flexibility index (Phi) is 4.51. The summed E-state index contributed by atoms with van der Waals surface area (Å²) in [7, 11) is -3.55. The molecule has 1 aromatic heterocycles. The Labute approximate surface area is 120 Å². The van der Waals surface area contributed by atoms with Crippen molar-refractivity contribution in [3.8, 4) is 0 Å². The maximum Gasteiger partial charge on any atom is 0.248 e. The highest BCUT2D eigenvalue weighted by Gasteiger charge is 2.38. The lowest BCUT2D eigenvalue weighted by Gasteiger charge is -2.38. The van der Waals surface area contributed by atoms with Crippen LogP contribution in [0.3, 0.4) is 0 Å². The first-order valence-electron chi connectivity index (χ1n) is 7.09. The van der Waals surface area contributed by atoms with Crippen molar-refractivity contribution in [3.63, 3.8) is 0 Å². The van der Waals surface area contributed by atoms with Gasteiger partial charge in [0.1, 0.15) is 10.6 Å². The number of hydrogen-bond acceptors (Lipinski definition) is 5. The van der Waals surface area contributed by atoms with E-state index in [1.54, 1.807) is 18.2 Å². The highest BCUT2D eigenvalue weighted by molar-refractivity contribution is 7.89. The largest absolute Gasteiger partial charge is 0.360 e. The van der Waals surface area contributed by atoms with Gasteiger partial charge >= 0.3 is 0 Å². The summed E-state index contributed by atoms with van der Waals surface area (Å²) >= 11 is 0. The van der Waals surface area contributed by atoms with E-state index in [0.717, 1.165) is 12.8 Å². The third-order valence-corrected chi connectivity index (χ3v) is 6.11. The summed E-state index contributed by atoms with van der Waals surface area (Å²) in [6, 6.07) is 0.185. The maximum atomic E-state index is 12.9. The molecule has 1 aromatic rings. The Morgan fingerprint density at radius 1 is 1.35 bits per heavy atom. The Morgan fingerprint density at radius 2 is 2.05 bits per heavy atom. The van der Waals surface area contributed by atoms with E-state index in [1.807, 2.05) is 6.92 Å². The molecule has 1 fully saturated rings. The molecule has 1 N–H and O–H groups in total. The monoisotopic (exact) mass is 301 g/mol. The fourth-order valence-electron chi connectivity index (χ4n) is 2.71. The van der Waals surface area contributed by atoms with Crippen LogP contribution >= 0.6 is 0 Å². The van der Waals surface area contributed by atoms with Crippen LogP contribution in [0.1, 0.15) is 38.1 Å². The number of hydrogen-bond donors (Lipinski definition) is 1. The van der Waals surface area contributed by atoms with Gasteiger partial charge in [0.2, 0.25) is 10.0 Å². The minimum atomic E-state index is -3.55. The second-order valence-corrected chi connectivity index (χ2v) is 7.13. The number of rotatable bonds is 4. The molecule has 0 aliphatic carbocycles. The molecule has 0 bridgehead atoms. The normalized spacial score (nSPS) is 25.0. The van der Waals surface area contributed by atoms with E-state index in [9.17, 15) is 8.42 Å². The van der Waals surface area contributed by atoms with Crippen molar-refractivity contribution in [1.29, 1.82) is 0 Å². The molecular weight excluding hydrogens is 278 g/mol. The molecule has 1 aliphatic heterocycles. The van der Waals surface area contributed by atoms with Crippen molar-refractivity contribution >= 4 is 10.0 Å². The zero-order valence-corrected chi connectivity index (χ0v) is 13.3. The van der Waals surface area contributed by atoms with Gasteiger partial charge in [-0.15, -0.1) is 0 Å². The average molecular weight is 301 g/mol.